The first-order valence-electron chi connectivity index (χ1n) is 3.18. The zero-order valence-electron chi connectivity index (χ0n) is 6.33. The zero-order valence-corrected chi connectivity index (χ0v) is 6.33. The van der Waals surface area contributed by atoms with E-state index in [1.165, 1.54) is 0 Å². The predicted octanol–water partition coefficient (Wildman–Crippen LogP) is -0.396. The third-order valence-corrected chi connectivity index (χ3v) is 1.52. The minimum absolute atomic E-state index is 0.0225. The monoisotopic (exact) mass is 132 g/mol. The van der Waals surface area contributed by atoms with Crippen molar-refractivity contribution < 1.29 is 5.11 Å². The lowest BCUT2D eigenvalue weighted by atomic mass is 10.3. The van der Waals surface area contributed by atoms with Crippen LogP contribution in [0.1, 0.15) is 13.8 Å². The zero-order chi connectivity index (χ0) is 7.44. The van der Waals surface area contributed by atoms with Crippen LogP contribution < -0.4 is 5.73 Å². The molecule has 0 aliphatic carbocycles. The van der Waals surface area contributed by atoms with Gasteiger partial charge in [-0.15, -0.1) is 0 Å². The number of aliphatic hydroxyl groups is 1. The van der Waals surface area contributed by atoms with Crippen molar-refractivity contribution in [1.29, 1.82) is 0 Å². The van der Waals surface area contributed by atoms with Gasteiger partial charge < -0.3 is 10.8 Å². The Bertz CT molecular complexity index is 75.5. The maximum Gasteiger partial charge on any atom is 0.0810 e. The first-order valence-corrected chi connectivity index (χ1v) is 3.18. The van der Waals surface area contributed by atoms with Crippen LogP contribution in [0.15, 0.2) is 0 Å². The normalized spacial score (nSPS) is 15.0. The van der Waals surface area contributed by atoms with Gasteiger partial charge in [0.15, 0.2) is 0 Å². The van der Waals surface area contributed by atoms with Crippen LogP contribution in [0.4, 0.5) is 0 Å². The molecule has 0 aromatic rings. The summed E-state index contributed by atoms with van der Waals surface area (Å²) in [7, 11) is 1.89. The molecule has 3 N–H and O–H groups in total. The van der Waals surface area contributed by atoms with E-state index < -0.39 is 0 Å². The van der Waals surface area contributed by atoms with E-state index in [9.17, 15) is 0 Å². The van der Waals surface area contributed by atoms with Crippen LogP contribution >= 0.6 is 0 Å². The van der Waals surface area contributed by atoms with Crippen molar-refractivity contribution in [1.82, 2.24) is 4.90 Å². The van der Waals surface area contributed by atoms with Gasteiger partial charge in [-0.2, -0.15) is 0 Å². The Labute approximate surface area is 56.5 Å². The van der Waals surface area contributed by atoms with Gasteiger partial charge in [0, 0.05) is 6.04 Å². The van der Waals surface area contributed by atoms with Crippen molar-refractivity contribution in [2.24, 2.45) is 5.73 Å². The molecule has 0 saturated carbocycles. The summed E-state index contributed by atoms with van der Waals surface area (Å²) in [4.78, 5) is 1.92. The molecule has 0 aromatic heterocycles. The molecule has 0 bridgehead atoms. The molecule has 0 amide bonds. The highest BCUT2D eigenvalue weighted by Crippen LogP contribution is 1.94. The smallest absolute Gasteiger partial charge is 0.0810 e. The molecule has 1 unspecified atom stereocenters. The molecule has 9 heavy (non-hydrogen) atoms. The molecule has 0 aliphatic rings. The Morgan fingerprint density at radius 1 is 1.56 bits per heavy atom. The van der Waals surface area contributed by atoms with Gasteiger partial charge in [-0.25, -0.2) is 0 Å². The van der Waals surface area contributed by atoms with Crippen molar-refractivity contribution in [3.05, 3.63) is 0 Å². The lowest BCUT2D eigenvalue weighted by molar-refractivity contribution is 0.126. The third-order valence-electron chi connectivity index (χ3n) is 1.52. The van der Waals surface area contributed by atoms with Crippen LogP contribution in [0.5, 0.6) is 0 Å². The van der Waals surface area contributed by atoms with Gasteiger partial charge >= 0.3 is 0 Å². The van der Waals surface area contributed by atoms with Crippen molar-refractivity contribution in [3.63, 3.8) is 0 Å². The second-order valence-corrected chi connectivity index (χ2v) is 2.51. The van der Waals surface area contributed by atoms with Gasteiger partial charge in [-0.1, -0.05) is 0 Å². The van der Waals surface area contributed by atoms with E-state index in [2.05, 4.69) is 0 Å². The number of likely N-dealkylation sites (N-methyl/N-ethyl adjacent to an activating group) is 1. The van der Waals surface area contributed by atoms with E-state index in [-0.39, 0.29) is 12.8 Å². The fraction of sp³-hybridized carbons (Fsp3) is 1.00. The van der Waals surface area contributed by atoms with E-state index in [4.69, 9.17) is 10.8 Å². The second kappa shape index (κ2) is 3.82. The number of rotatable bonds is 3. The molecule has 0 aromatic carbocycles. The molecule has 56 valence electrons. The van der Waals surface area contributed by atoms with Crippen LogP contribution in [-0.2, 0) is 0 Å². The van der Waals surface area contributed by atoms with Crippen molar-refractivity contribution in [2.75, 3.05) is 13.7 Å². The van der Waals surface area contributed by atoms with Gasteiger partial charge in [0.05, 0.1) is 12.8 Å². The minimum Gasteiger partial charge on any atom is -0.393 e. The summed E-state index contributed by atoms with van der Waals surface area (Å²) in [5, 5.41) is 8.59. The van der Waals surface area contributed by atoms with Gasteiger partial charge in [-0.3, -0.25) is 4.90 Å². The average Bonchev–Trinajstić information content (AvgIpc) is 1.84. The minimum atomic E-state index is -0.218. The van der Waals surface area contributed by atoms with E-state index in [0.29, 0.717) is 6.04 Å². The summed E-state index contributed by atoms with van der Waals surface area (Å²) in [5.74, 6) is 0. The van der Waals surface area contributed by atoms with Crippen molar-refractivity contribution in [3.8, 4) is 0 Å². The molecular formula is C6H16N2O. The molecule has 1 atom stereocenters. The molecule has 3 heteroatoms. The number of nitrogens with two attached hydrogens (primary N) is 1. The molecule has 0 fully saturated rings. The first-order chi connectivity index (χ1) is 4.09. The highest BCUT2D eigenvalue weighted by molar-refractivity contribution is 4.62. The number of hydrogen-bond donors (Lipinski definition) is 2. The SMILES string of the molecule is CC(C)N(C)C(N)CO. The van der Waals surface area contributed by atoms with Crippen LogP contribution in [0, 0.1) is 0 Å². The van der Waals surface area contributed by atoms with Gasteiger partial charge in [0.2, 0.25) is 0 Å². The maximum atomic E-state index is 8.59. The van der Waals surface area contributed by atoms with Gasteiger partial charge in [-0.05, 0) is 20.9 Å². The van der Waals surface area contributed by atoms with Crippen LogP contribution in [0.2, 0.25) is 0 Å². The number of nitrogens with zero attached hydrogens (tertiary/aromatic N) is 1. The van der Waals surface area contributed by atoms with Crippen molar-refractivity contribution >= 4 is 0 Å². The van der Waals surface area contributed by atoms with Gasteiger partial charge in [0.25, 0.3) is 0 Å². The molecule has 0 radical (unpaired) electrons. The average molecular weight is 132 g/mol. The molecule has 0 heterocycles. The molecule has 0 saturated heterocycles. The second-order valence-electron chi connectivity index (χ2n) is 2.51. The molecule has 3 nitrogen and oxygen atoms in total. The Hall–Kier alpha value is -0.120. The Morgan fingerprint density at radius 3 is 2.11 bits per heavy atom. The molecule has 0 rings (SSSR count). The van der Waals surface area contributed by atoms with E-state index in [0.717, 1.165) is 0 Å². The topological polar surface area (TPSA) is 49.5 Å². The highest BCUT2D eigenvalue weighted by atomic mass is 16.3. The van der Waals surface area contributed by atoms with Crippen LogP contribution in [0.25, 0.3) is 0 Å². The summed E-state index contributed by atoms with van der Waals surface area (Å²) in [6.07, 6.45) is -0.218. The summed E-state index contributed by atoms with van der Waals surface area (Å²) in [5.41, 5.74) is 5.49. The molecule has 0 spiro atoms. The Balaban J connectivity index is 3.58. The van der Waals surface area contributed by atoms with Crippen LogP contribution in [0.3, 0.4) is 0 Å². The third kappa shape index (κ3) is 2.79. The quantitative estimate of drug-likeness (QED) is 0.514. The summed E-state index contributed by atoms with van der Waals surface area (Å²) in [6, 6.07) is 0.396. The Kier molecular flexibility index (Phi) is 3.77. The first kappa shape index (κ1) is 8.88. The standard InChI is InChI=1S/C6H16N2O/c1-5(2)8(3)6(7)4-9/h5-6,9H,4,7H2,1-3H3. The van der Waals surface area contributed by atoms with E-state index in [1.54, 1.807) is 0 Å². The summed E-state index contributed by atoms with van der Waals surface area (Å²) >= 11 is 0. The van der Waals surface area contributed by atoms with E-state index >= 15 is 0 Å². The summed E-state index contributed by atoms with van der Waals surface area (Å²) < 4.78 is 0. The fourth-order valence-corrected chi connectivity index (χ4v) is 0.512. The fourth-order valence-electron chi connectivity index (χ4n) is 0.512. The molecule has 0 aliphatic heterocycles. The number of hydrogen-bond acceptors (Lipinski definition) is 3. The lowest BCUT2D eigenvalue weighted by Gasteiger charge is -2.26. The van der Waals surface area contributed by atoms with E-state index in [1.807, 2.05) is 25.8 Å². The lowest BCUT2D eigenvalue weighted by Crippen LogP contribution is -2.45. The Morgan fingerprint density at radius 2 is 2.00 bits per heavy atom. The largest absolute Gasteiger partial charge is 0.393 e. The number of aliphatic hydroxyl groups excluding tert-OH is 1. The predicted molar refractivity (Wildman–Crippen MR) is 38.0 cm³/mol. The highest BCUT2D eigenvalue weighted by Gasteiger charge is 2.09. The summed E-state index contributed by atoms with van der Waals surface area (Å²) in [6.45, 7) is 4.10. The molecular weight excluding hydrogens is 116 g/mol. The van der Waals surface area contributed by atoms with Gasteiger partial charge in [0.1, 0.15) is 0 Å². The van der Waals surface area contributed by atoms with Crippen molar-refractivity contribution in [2.45, 2.75) is 26.1 Å². The van der Waals surface area contributed by atoms with Crippen LogP contribution in [-0.4, -0.2) is 35.9 Å². The maximum absolute atomic E-state index is 8.59.